The lowest BCUT2D eigenvalue weighted by Gasteiger charge is -2.38. The van der Waals surface area contributed by atoms with Gasteiger partial charge in [0.2, 0.25) is 0 Å². The summed E-state index contributed by atoms with van der Waals surface area (Å²) in [4.78, 5) is 0. The molecule has 0 spiro atoms. The Bertz CT molecular complexity index is 386. The molecule has 1 heteroatoms. The van der Waals surface area contributed by atoms with Crippen LogP contribution in [0.1, 0.15) is 62.0 Å². The van der Waals surface area contributed by atoms with Crippen LogP contribution in [0.15, 0.2) is 24.3 Å². The van der Waals surface area contributed by atoms with Gasteiger partial charge in [-0.15, -0.1) is 0 Å². The third-order valence-electron chi connectivity index (χ3n) is 4.75. The predicted octanol–water partition coefficient (Wildman–Crippen LogP) is 3.72. The van der Waals surface area contributed by atoms with Crippen LogP contribution in [-0.2, 0) is 5.41 Å². The van der Waals surface area contributed by atoms with Crippen molar-refractivity contribution in [2.45, 2.75) is 56.3 Å². The summed E-state index contributed by atoms with van der Waals surface area (Å²) in [6, 6.07) is 9.10. The van der Waals surface area contributed by atoms with Gasteiger partial charge in [0.15, 0.2) is 0 Å². The van der Waals surface area contributed by atoms with E-state index in [0.717, 1.165) is 12.5 Å². The van der Waals surface area contributed by atoms with Gasteiger partial charge in [0.1, 0.15) is 0 Å². The first kappa shape index (κ1) is 11.3. The molecular weight excluding hydrogens is 206 g/mol. The van der Waals surface area contributed by atoms with E-state index in [9.17, 15) is 0 Å². The van der Waals surface area contributed by atoms with Crippen molar-refractivity contribution in [1.82, 2.24) is 0 Å². The van der Waals surface area contributed by atoms with E-state index in [2.05, 4.69) is 24.3 Å². The number of nitrogens with two attached hydrogens (primary N) is 1. The van der Waals surface area contributed by atoms with Gasteiger partial charge in [-0.25, -0.2) is 0 Å². The highest BCUT2D eigenvalue weighted by atomic mass is 14.6. The van der Waals surface area contributed by atoms with E-state index in [4.69, 9.17) is 5.73 Å². The molecule has 17 heavy (non-hydrogen) atoms. The number of hydrogen-bond donors (Lipinski definition) is 1. The molecule has 92 valence electrons. The van der Waals surface area contributed by atoms with Crippen molar-refractivity contribution >= 4 is 0 Å². The van der Waals surface area contributed by atoms with E-state index < -0.39 is 0 Å². The second-order valence-electron chi connectivity index (χ2n) is 5.91. The average Bonchev–Trinajstić information content (AvgIpc) is 3.24. The van der Waals surface area contributed by atoms with Crippen LogP contribution in [0.2, 0.25) is 0 Å². The lowest BCUT2D eigenvalue weighted by molar-refractivity contribution is 0.299. The first-order valence-corrected chi connectivity index (χ1v) is 7.15. The molecule has 3 rings (SSSR count). The summed E-state index contributed by atoms with van der Waals surface area (Å²) < 4.78 is 0. The van der Waals surface area contributed by atoms with Crippen molar-refractivity contribution in [3.63, 3.8) is 0 Å². The third kappa shape index (κ3) is 2.01. The molecule has 1 aromatic carbocycles. The molecule has 2 N–H and O–H groups in total. The average molecular weight is 229 g/mol. The van der Waals surface area contributed by atoms with Gasteiger partial charge in [0.05, 0.1) is 0 Å². The zero-order chi connectivity index (χ0) is 11.7. The number of benzene rings is 1. The van der Waals surface area contributed by atoms with Gasteiger partial charge in [-0.05, 0) is 42.7 Å². The van der Waals surface area contributed by atoms with Crippen LogP contribution in [-0.4, -0.2) is 6.54 Å². The van der Waals surface area contributed by atoms with Crippen molar-refractivity contribution in [2.24, 2.45) is 5.73 Å². The molecule has 0 atom stereocenters. The molecule has 0 aliphatic heterocycles. The number of hydrogen-bond acceptors (Lipinski definition) is 1. The molecule has 0 heterocycles. The molecule has 0 aromatic heterocycles. The van der Waals surface area contributed by atoms with Crippen molar-refractivity contribution in [2.75, 3.05) is 6.54 Å². The quantitative estimate of drug-likeness (QED) is 0.839. The van der Waals surface area contributed by atoms with Gasteiger partial charge in [-0.2, -0.15) is 0 Å². The molecular formula is C16H23N. The minimum absolute atomic E-state index is 0.303. The zero-order valence-corrected chi connectivity index (χ0v) is 10.6. The van der Waals surface area contributed by atoms with Crippen LogP contribution >= 0.6 is 0 Å². The fourth-order valence-electron chi connectivity index (χ4n) is 3.54. The van der Waals surface area contributed by atoms with Gasteiger partial charge < -0.3 is 5.73 Å². The van der Waals surface area contributed by atoms with Crippen LogP contribution in [0.3, 0.4) is 0 Å². The van der Waals surface area contributed by atoms with Crippen LogP contribution in [0.5, 0.6) is 0 Å². The summed E-state index contributed by atoms with van der Waals surface area (Å²) in [6.45, 7) is 0.830. The summed E-state index contributed by atoms with van der Waals surface area (Å²) in [5.74, 6) is 0.844. The van der Waals surface area contributed by atoms with Crippen LogP contribution < -0.4 is 5.73 Å². The fraction of sp³-hybridized carbons (Fsp3) is 0.625. The van der Waals surface area contributed by atoms with Gasteiger partial charge in [0, 0.05) is 12.0 Å². The first-order chi connectivity index (χ1) is 8.36. The minimum Gasteiger partial charge on any atom is -0.330 e. The normalized spacial score (nSPS) is 23.6. The topological polar surface area (TPSA) is 26.0 Å². The SMILES string of the molecule is NCC1(c2ccccc2C2CC2)CCCCC1. The Labute approximate surface area is 104 Å². The van der Waals surface area contributed by atoms with E-state index in [0.29, 0.717) is 5.41 Å². The lowest BCUT2D eigenvalue weighted by atomic mass is 9.68. The van der Waals surface area contributed by atoms with Crippen LogP contribution in [0, 0.1) is 0 Å². The molecule has 2 fully saturated rings. The van der Waals surface area contributed by atoms with Gasteiger partial charge in [0.25, 0.3) is 0 Å². The largest absolute Gasteiger partial charge is 0.330 e. The second kappa shape index (κ2) is 4.45. The molecule has 0 bridgehead atoms. The molecule has 0 radical (unpaired) electrons. The molecule has 2 aliphatic carbocycles. The number of rotatable bonds is 3. The highest BCUT2D eigenvalue weighted by molar-refractivity contribution is 5.39. The molecule has 0 unspecified atom stereocenters. The monoisotopic (exact) mass is 229 g/mol. The fourth-order valence-corrected chi connectivity index (χ4v) is 3.54. The maximum absolute atomic E-state index is 6.16. The zero-order valence-electron chi connectivity index (χ0n) is 10.6. The van der Waals surface area contributed by atoms with E-state index in [-0.39, 0.29) is 0 Å². The smallest absolute Gasteiger partial charge is 0.00783 e. The van der Waals surface area contributed by atoms with Crippen molar-refractivity contribution < 1.29 is 0 Å². The summed E-state index contributed by atoms with van der Waals surface area (Å²) >= 11 is 0. The Morgan fingerprint density at radius 1 is 1.06 bits per heavy atom. The van der Waals surface area contributed by atoms with Crippen molar-refractivity contribution in [3.05, 3.63) is 35.4 Å². The van der Waals surface area contributed by atoms with Gasteiger partial charge in [-0.3, -0.25) is 0 Å². The summed E-state index contributed by atoms with van der Waals surface area (Å²) in [5.41, 5.74) is 9.66. The van der Waals surface area contributed by atoms with E-state index in [1.54, 1.807) is 11.1 Å². The molecule has 2 saturated carbocycles. The minimum atomic E-state index is 0.303. The molecule has 1 aromatic rings. The predicted molar refractivity (Wildman–Crippen MR) is 72.2 cm³/mol. The second-order valence-corrected chi connectivity index (χ2v) is 5.91. The van der Waals surface area contributed by atoms with E-state index in [1.807, 2.05) is 0 Å². The molecule has 1 nitrogen and oxygen atoms in total. The first-order valence-electron chi connectivity index (χ1n) is 7.15. The van der Waals surface area contributed by atoms with Crippen LogP contribution in [0.25, 0.3) is 0 Å². The van der Waals surface area contributed by atoms with Crippen molar-refractivity contribution in [1.29, 1.82) is 0 Å². The van der Waals surface area contributed by atoms with Gasteiger partial charge >= 0.3 is 0 Å². The Balaban J connectivity index is 2.00. The maximum atomic E-state index is 6.16. The Morgan fingerprint density at radius 2 is 1.76 bits per heavy atom. The van der Waals surface area contributed by atoms with Crippen LogP contribution in [0.4, 0.5) is 0 Å². The Morgan fingerprint density at radius 3 is 2.41 bits per heavy atom. The maximum Gasteiger partial charge on any atom is 0.00783 e. The molecule has 2 aliphatic rings. The third-order valence-corrected chi connectivity index (χ3v) is 4.75. The highest BCUT2D eigenvalue weighted by Crippen LogP contribution is 2.47. The summed E-state index contributed by atoms with van der Waals surface area (Å²) in [5, 5.41) is 0. The standard InChI is InChI=1S/C16H23N/c17-12-16(10-4-1-5-11-16)15-7-3-2-6-14(15)13-8-9-13/h2-3,6-7,13H,1,4-5,8-12,17H2. The van der Waals surface area contributed by atoms with E-state index >= 15 is 0 Å². The molecule has 0 saturated heterocycles. The summed E-state index contributed by atoms with van der Waals surface area (Å²) in [6.07, 6.45) is 9.48. The molecule has 0 amide bonds. The highest BCUT2D eigenvalue weighted by Gasteiger charge is 2.37. The Hall–Kier alpha value is -0.820. The summed E-state index contributed by atoms with van der Waals surface area (Å²) in [7, 11) is 0. The lowest BCUT2D eigenvalue weighted by Crippen LogP contribution is -2.37. The van der Waals surface area contributed by atoms with E-state index in [1.165, 1.54) is 44.9 Å². The van der Waals surface area contributed by atoms with Gasteiger partial charge in [-0.1, -0.05) is 43.5 Å². The van der Waals surface area contributed by atoms with Crippen molar-refractivity contribution in [3.8, 4) is 0 Å². The Kier molecular flexibility index (Phi) is 2.96.